The van der Waals surface area contributed by atoms with Crippen molar-refractivity contribution in [2.75, 3.05) is 20.1 Å². The molecule has 1 N–H and O–H groups in total. The second-order valence-corrected chi connectivity index (χ2v) is 6.77. The summed E-state index contributed by atoms with van der Waals surface area (Å²) in [5.41, 5.74) is 0.603. The molecule has 1 amide bonds. The van der Waals surface area contributed by atoms with Gasteiger partial charge in [0.05, 0.1) is 11.7 Å². The average Bonchev–Trinajstić information content (AvgIpc) is 2.40. The van der Waals surface area contributed by atoms with Crippen molar-refractivity contribution >= 4 is 21.8 Å². The Labute approximate surface area is 135 Å². The maximum atomic E-state index is 12.5. The summed E-state index contributed by atoms with van der Waals surface area (Å²) in [7, 11) is 2.11. The van der Waals surface area contributed by atoms with Gasteiger partial charge in [0, 0.05) is 10.5 Å². The fourth-order valence-corrected chi connectivity index (χ4v) is 2.79. The van der Waals surface area contributed by atoms with Gasteiger partial charge in [0.2, 0.25) is 0 Å². The Balaban J connectivity index is 2.07. The zero-order valence-electron chi connectivity index (χ0n) is 12.9. The molecule has 1 aliphatic heterocycles. The van der Waals surface area contributed by atoms with Crippen LogP contribution in [0.4, 0.5) is 0 Å². The van der Waals surface area contributed by atoms with E-state index < -0.39 is 0 Å². The predicted octanol–water partition coefficient (Wildman–Crippen LogP) is 3.06. The minimum atomic E-state index is -0.0484. The van der Waals surface area contributed by atoms with Gasteiger partial charge in [-0.05, 0) is 65.0 Å². The SMILES string of the molecule is CC(C)Oc1cc(Br)ccc1C(=O)NC1CCN(C)CC1. The molecule has 0 saturated carbocycles. The molecule has 1 fully saturated rings. The van der Waals surface area contributed by atoms with Crippen LogP contribution in [0.3, 0.4) is 0 Å². The summed E-state index contributed by atoms with van der Waals surface area (Å²) in [4.78, 5) is 14.8. The normalized spacial score (nSPS) is 17.0. The molecule has 2 rings (SSSR count). The van der Waals surface area contributed by atoms with Crippen molar-refractivity contribution in [2.45, 2.75) is 38.8 Å². The molecule has 1 aliphatic rings. The summed E-state index contributed by atoms with van der Waals surface area (Å²) in [5, 5.41) is 3.13. The number of hydrogen-bond donors (Lipinski definition) is 1. The quantitative estimate of drug-likeness (QED) is 0.903. The van der Waals surface area contributed by atoms with Gasteiger partial charge in [-0.2, -0.15) is 0 Å². The van der Waals surface area contributed by atoms with E-state index in [-0.39, 0.29) is 18.1 Å². The molecule has 116 valence electrons. The van der Waals surface area contributed by atoms with Crippen LogP contribution in [0.15, 0.2) is 22.7 Å². The number of nitrogens with zero attached hydrogens (tertiary/aromatic N) is 1. The highest BCUT2D eigenvalue weighted by Gasteiger charge is 2.21. The first kappa shape index (κ1) is 16.3. The number of nitrogens with one attached hydrogen (secondary N) is 1. The van der Waals surface area contributed by atoms with Gasteiger partial charge in [0.1, 0.15) is 5.75 Å². The van der Waals surface area contributed by atoms with Gasteiger partial charge >= 0.3 is 0 Å². The van der Waals surface area contributed by atoms with E-state index in [4.69, 9.17) is 4.74 Å². The van der Waals surface area contributed by atoms with Crippen molar-refractivity contribution < 1.29 is 9.53 Å². The number of carbonyl (C=O) groups is 1. The third kappa shape index (κ3) is 4.71. The Morgan fingerprint density at radius 1 is 1.38 bits per heavy atom. The lowest BCUT2D eigenvalue weighted by atomic mass is 10.0. The van der Waals surface area contributed by atoms with Gasteiger partial charge in [0.15, 0.2) is 0 Å². The molecular formula is C16H23BrN2O2. The monoisotopic (exact) mass is 354 g/mol. The Morgan fingerprint density at radius 2 is 2.05 bits per heavy atom. The van der Waals surface area contributed by atoms with Crippen molar-refractivity contribution in [1.29, 1.82) is 0 Å². The van der Waals surface area contributed by atoms with Crippen molar-refractivity contribution in [3.05, 3.63) is 28.2 Å². The summed E-state index contributed by atoms with van der Waals surface area (Å²) in [6, 6.07) is 5.79. The second-order valence-electron chi connectivity index (χ2n) is 5.86. The maximum absolute atomic E-state index is 12.5. The fraction of sp³-hybridized carbons (Fsp3) is 0.562. The van der Waals surface area contributed by atoms with Crippen LogP contribution in [0.1, 0.15) is 37.0 Å². The van der Waals surface area contributed by atoms with Crippen LogP contribution >= 0.6 is 15.9 Å². The van der Waals surface area contributed by atoms with Crippen molar-refractivity contribution in [3.63, 3.8) is 0 Å². The molecule has 0 spiro atoms. The standard InChI is InChI=1S/C16H23BrN2O2/c1-11(2)21-15-10-12(17)4-5-14(15)16(20)18-13-6-8-19(3)9-7-13/h4-5,10-11,13H,6-9H2,1-3H3,(H,18,20). The Hall–Kier alpha value is -1.07. The maximum Gasteiger partial charge on any atom is 0.255 e. The number of ether oxygens (including phenoxy) is 1. The van der Waals surface area contributed by atoms with Gasteiger partial charge in [-0.3, -0.25) is 4.79 Å². The minimum absolute atomic E-state index is 0.0363. The van der Waals surface area contributed by atoms with Gasteiger partial charge in [-0.15, -0.1) is 0 Å². The lowest BCUT2D eigenvalue weighted by Crippen LogP contribution is -2.43. The third-order valence-corrected chi connectivity index (χ3v) is 4.10. The largest absolute Gasteiger partial charge is 0.490 e. The fourth-order valence-electron chi connectivity index (χ4n) is 2.45. The van der Waals surface area contributed by atoms with Crippen molar-refractivity contribution in [3.8, 4) is 5.75 Å². The number of halogens is 1. The van der Waals surface area contributed by atoms with Crippen LogP contribution in [0.25, 0.3) is 0 Å². The number of likely N-dealkylation sites (tertiary alicyclic amines) is 1. The molecule has 21 heavy (non-hydrogen) atoms. The van der Waals surface area contributed by atoms with Gasteiger partial charge < -0.3 is 15.0 Å². The molecule has 1 aromatic rings. The van der Waals surface area contributed by atoms with Crippen LogP contribution in [0.5, 0.6) is 5.75 Å². The van der Waals surface area contributed by atoms with Crippen LogP contribution in [-0.2, 0) is 0 Å². The molecule has 0 atom stereocenters. The molecule has 0 radical (unpaired) electrons. The molecule has 1 aromatic carbocycles. The Morgan fingerprint density at radius 3 is 2.67 bits per heavy atom. The summed E-state index contributed by atoms with van der Waals surface area (Å²) < 4.78 is 6.67. The number of hydrogen-bond acceptors (Lipinski definition) is 3. The minimum Gasteiger partial charge on any atom is -0.490 e. The lowest BCUT2D eigenvalue weighted by molar-refractivity contribution is 0.0911. The topological polar surface area (TPSA) is 41.6 Å². The van der Waals surface area contributed by atoms with E-state index in [9.17, 15) is 4.79 Å². The molecule has 0 aromatic heterocycles. The van der Waals surface area contributed by atoms with Gasteiger partial charge in [0.25, 0.3) is 5.91 Å². The van der Waals surface area contributed by atoms with E-state index in [1.54, 1.807) is 0 Å². The predicted molar refractivity (Wildman–Crippen MR) is 87.9 cm³/mol. The molecule has 1 saturated heterocycles. The van der Waals surface area contributed by atoms with Gasteiger partial charge in [-0.1, -0.05) is 15.9 Å². The highest BCUT2D eigenvalue weighted by Crippen LogP contribution is 2.25. The zero-order valence-corrected chi connectivity index (χ0v) is 14.4. The lowest BCUT2D eigenvalue weighted by Gasteiger charge is -2.29. The highest BCUT2D eigenvalue weighted by molar-refractivity contribution is 9.10. The number of benzene rings is 1. The Kier molecular flexibility index (Phi) is 5.65. The van der Waals surface area contributed by atoms with E-state index in [0.29, 0.717) is 11.3 Å². The van der Waals surface area contributed by atoms with Crippen LogP contribution in [0.2, 0.25) is 0 Å². The number of rotatable bonds is 4. The highest BCUT2D eigenvalue weighted by atomic mass is 79.9. The summed E-state index contributed by atoms with van der Waals surface area (Å²) in [6.45, 7) is 5.97. The zero-order chi connectivity index (χ0) is 15.4. The van der Waals surface area contributed by atoms with E-state index >= 15 is 0 Å². The Bertz CT molecular complexity index is 497. The first-order valence-electron chi connectivity index (χ1n) is 7.41. The van der Waals surface area contributed by atoms with Gasteiger partial charge in [-0.25, -0.2) is 0 Å². The number of carbonyl (C=O) groups excluding carboxylic acids is 1. The molecule has 0 bridgehead atoms. The molecule has 0 unspecified atom stereocenters. The molecule has 5 heteroatoms. The number of piperidine rings is 1. The van der Waals surface area contributed by atoms with E-state index in [0.717, 1.165) is 30.4 Å². The summed E-state index contributed by atoms with van der Waals surface area (Å²) in [6.07, 6.45) is 2.03. The molecule has 0 aliphatic carbocycles. The number of amides is 1. The van der Waals surface area contributed by atoms with Crippen molar-refractivity contribution in [2.24, 2.45) is 0 Å². The van der Waals surface area contributed by atoms with Crippen LogP contribution in [-0.4, -0.2) is 43.1 Å². The summed E-state index contributed by atoms with van der Waals surface area (Å²) in [5.74, 6) is 0.581. The molecule has 4 nitrogen and oxygen atoms in total. The summed E-state index contributed by atoms with van der Waals surface area (Å²) >= 11 is 3.42. The van der Waals surface area contributed by atoms with Crippen LogP contribution in [0, 0.1) is 0 Å². The first-order valence-corrected chi connectivity index (χ1v) is 8.20. The average molecular weight is 355 g/mol. The van der Waals surface area contributed by atoms with Crippen molar-refractivity contribution in [1.82, 2.24) is 10.2 Å². The van der Waals surface area contributed by atoms with E-state index in [2.05, 4.69) is 33.2 Å². The first-order chi connectivity index (χ1) is 9.95. The third-order valence-electron chi connectivity index (χ3n) is 3.60. The molecule has 1 heterocycles. The second kappa shape index (κ2) is 7.27. The molecular weight excluding hydrogens is 332 g/mol. The van der Waals surface area contributed by atoms with E-state index in [1.165, 1.54) is 0 Å². The van der Waals surface area contributed by atoms with Crippen LogP contribution < -0.4 is 10.1 Å². The van der Waals surface area contributed by atoms with E-state index in [1.807, 2.05) is 32.0 Å². The smallest absolute Gasteiger partial charge is 0.255 e.